The highest BCUT2D eigenvalue weighted by Gasteiger charge is 2.20. The maximum Gasteiger partial charge on any atom is 0.259 e. The Balaban J connectivity index is 1.77. The van der Waals surface area contributed by atoms with Crippen LogP contribution in [0.3, 0.4) is 0 Å². The molecule has 0 saturated heterocycles. The van der Waals surface area contributed by atoms with Gasteiger partial charge in [-0.25, -0.2) is 9.07 Å². The van der Waals surface area contributed by atoms with Gasteiger partial charge in [0.15, 0.2) is 0 Å². The fourth-order valence-electron chi connectivity index (χ4n) is 3.15. The molecule has 0 aliphatic heterocycles. The highest BCUT2D eigenvalue weighted by molar-refractivity contribution is 6.34. The van der Waals surface area contributed by atoms with Crippen LogP contribution in [-0.2, 0) is 0 Å². The molecule has 0 bridgehead atoms. The van der Waals surface area contributed by atoms with Crippen molar-refractivity contribution >= 4 is 29.1 Å². The smallest absolute Gasteiger partial charge is 0.259 e. The van der Waals surface area contributed by atoms with Crippen LogP contribution in [0.2, 0.25) is 5.02 Å². The van der Waals surface area contributed by atoms with E-state index in [9.17, 15) is 14.0 Å². The standard InChI is InChI=1S/C24H18ClFN4O2/c1-14-2-4-15(5-3-14)22-19(13-30(29-22)18-9-7-17(26)8-10-18)24(32)28-21-12-16(23(27)31)6-11-20(21)25/h2-13H,1H3,(H2,27,31)(H,28,32). The maximum atomic E-state index is 13.3. The van der Waals surface area contributed by atoms with Crippen molar-refractivity contribution in [2.75, 3.05) is 5.32 Å². The third-order valence-electron chi connectivity index (χ3n) is 4.87. The highest BCUT2D eigenvalue weighted by atomic mass is 35.5. The minimum absolute atomic E-state index is 0.213. The third-order valence-corrected chi connectivity index (χ3v) is 5.20. The Morgan fingerprint density at radius 1 is 1.03 bits per heavy atom. The van der Waals surface area contributed by atoms with E-state index in [-0.39, 0.29) is 27.7 Å². The first-order valence-electron chi connectivity index (χ1n) is 9.65. The lowest BCUT2D eigenvalue weighted by Crippen LogP contribution is -2.15. The number of aromatic nitrogens is 2. The van der Waals surface area contributed by atoms with Crippen LogP contribution in [0, 0.1) is 12.7 Å². The van der Waals surface area contributed by atoms with Crippen molar-refractivity contribution in [2.24, 2.45) is 5.73 Å². The lowest BCUT2D eigenvalue weighted by atomic mass is 10.1. The number of amides is 2. The molecule has 3 aromatic carbocycles. The summed E-state index contributed by atoms with van der Waals surface area (Å²) in [6.07, 6.45) is 1.56. The largest absolute Gasteiger partial charge is 0.366 e. The van der Waals surface area contributed by atoms with E-state index in [0.717, 1.165) is 11.1 Å². The summed E-state index contributed by atoms with van der Waals surface area (Å²) >= 11 is 6.20. The summed E-state index contributed by atoms with van der Waals surface area (Å²) in [6, 6.07) is 17.7. The second kappa shape index (κ2) is 8.64. The van der Waals surface area contributed by atoms with Crippen LogP contribution in [0.1, 0.15) is 26.3 Å². The normalized spacial score (nSPS) is 10.7. The van der Waals surface area contributed by atoms with E-state index >= 15 is 0 Å². The average molecular weight is 449 g/mol. The number of nitrogens with one attached hydrogen (secondary N) is 1. The number of carbonyl (C=O) groups excluding carboxylic acids is 2. The van der Waals surface area contributed by atoms with Crippen molar-refractivity contribution in [3.63, 3.8) is 0 Å². The van der Waals surface area contributed by atoms with Gasteiger partial charge in [-0.05, 0) is 49.4 Å². The number of nitrogens with two attached hydrogens (primary N) is 1. The Morgan fingerprint density at radius 2 is 1.72 bits per heavy atom. The molecule has 0 aliphatic carbocycles. The Morgan fingerprint density at radius 3 is 2.38 bits per heavy atom. The van der Waals surface area contributed by atoms with Gasteiger partial charge in [0.25, 0.3) is 5.91 Å². The zero-order valence-corrected chi connectivity index (χ0v) is 17.7. The summed E-state index contributed by atoms with van der Waals surface area (Å²) in [7, 11) is 0. The van der Waals surface area contributed by atoms with Crippen LogP contribution in [0.4, 0.5) is 10.1 Å². The van der Waals surface area contributed by atoms with E-state index in [4.69, 9.17) is 17.3 Å². The van der Waals surface area contributed by atoms with Crippen molar-refractivity contribution in [1.82, 2.24) is 9.78 Å². The number of aryl methyl sites for hydroxylation is 1. The van der Waals surface area contributed by atoms with Gasteiger partial charge in [0.1, 0.15) is 11.5 Å². The van der Waals surface area contributed by atoms with E-state index in [1.54, 1.807) is 18.3 Å². The van der Waals surface area contributed by atoms with Crippen LogP contribution < -0.4 is 11.1 Å². The third kappa shape index (κ3) is 4.38. The van der Waals surface area contributed by atoms with Gasteiger partial charge in [0.05, 0.1) is 22.0 Å². The van der Waals surface area contributed by atoms with Crippen molar-refractivity contribution in [2.45, 2.75) is 6.92 Å². The molecule has 4 rings (SSSR count). The monoisotopic (exact) mass is 448 g/mol. The zero-order chi connectivity index (χ0) is 22.8. The number of primary amides is 1. The molecule has 8 heteroatoms. The molecule has 32 heavy (non-hydrogen) atoms. The molecule has 0 saturated carbocycles. The predicted molar refractivity (Wildman–Crippen MR) is 122 cm³/mol. The minimum Gasteiger partial charge on any atom is -0.366 e. The Hall–Kier alpha value is -3.97. The maximum absolute atomic E-state index is 13.3. The molecule has 1 heterocycles. The highest BCUT2D eigenvalue weighted by Crippen LogP contribution is 2.28. The van der Waals surface area contributed by atoms with E-state index in [1.807, 2.05) is 31.2 Å². The number of carbonyl (C=O) groups is 2. The number of hydrogen-bond donors (Lipinski definition) is 2. The Bertz CT molecular complexity index is 1320. The van der Waals surface area contributed by atoms with E-state index in [2.05, 4.69) is 10.4 Å². The van der Waals surface area contributed by atoms with Crippen LogP contribution in [-0.4, -0.2) is 21.6 Å². The summed E-state index contributed by atoms with van der Waals surface area (Å²) in [5, 5.41) is 7.55. The fraction of sp³-hybridized carbons (Fsp3) is 0.0417. The van der Waals surface area contributed by atoms with Crippen LogP contribution in [0.5, 0.6) is 0 Å². The Labute approximate surface area is 188 Å². The second-order valence-electron chi connectivity index (χ2n) is 7.19. The lowest BCUT2D eigenvalue weighted by molar-refractivity contribution is 0.0996. The molecule has 4 aromatic rings. The number of rotatable bonds is 5. The van der Waals surface area contributed by atoms with Gasteiger partial charge < -0.3 is 11.1 Å². The predicted octanol–water partition coefficient (Wildman–Crippen LogP) is 4.99. The molecule has 3 N–H and O–H groups in total. The summed E-state index contributed by atoms with van der Waals surface area (Å²) in [5.41, 5.74) is 8.89. The van der Waals surface area contributed by atoms with E-state index in [0.29, 0.717) is 11.4 Å². The van der Waals surface area contributed by atoms with Crippen molar-refractivity contribution in [1.29, 1.82) is 0 Å². The van der Waals surface area contributed by atoms with Gasteiger partial charge in [0.2, 0.25) is 5.91 Å². The Kier molecular flexibility index (Phi) is 5.75. The average Bonchev–Trinajstić information content (AvgIpc) is 3.21. The topological polar surface area (TPSA) is 90.0 Å². The van der Waals surface area contributed by atoms with Gasteiger partial charge >= 0.3 is 0 Å². The number of hydrogen-bond acceptors (Lipinski definition) is 3. The van der Waals surface area contributed by atoms with Crippen LogP contribution in [0.25, 0.3) is 16.9 Å². The number of halogens is 2. The van der Waals surface area contributed by atoms with Gasteiger partial charge in [-0.15, -0.1) is 0 Å². The van der Waals surface area contributed by atoms with Crippen LogP contribution in [0.15, 0.2) is 72.9 Å². The molecule has 6 nitrogen and oxygen atoms in total. The first kappa shape index (κ1) is 21.3. The van der Waals surface area contributed by atoms with Crippen molar-refractivity contribution in [3.8, 4) is 16.9 Å². The van der Waals surface area contributed by atoms with Gasteiger partial charge in [0, 0.05) is 17.3 Å². The number of anilines is 1. The van der Waals surface area contributed by atoms with Gasteiger partial charge in [-0.2, -0.15) is 5.10 Å². The second-order valence-corrected chi connectivity index (χ2v) is 7.60. The number of benzene rings is 3. The molecule has 0 aliphatic rings. The minimum atomic E-state index is -0.637. The molecule has 0 radical (unpaired) electrons. The van der Waals surface area contributed by atoms with Crippen LogP contribution >= 0.6 is 11.6 Å². The zero-order valence-electron chi connectivity index (χ0n) is 17.0. The first-order valence-corrected chi connectivity index (χ1v) is 10.0. The number of nitrogens with zero attached hydrogens (tertiary/aromatic N) is 2. The first-order chi connectivity index (χ1) is 15.3. The van der Waals surface area contributed by atoms with Crippen molar-refractivity contribution in [3.05, 3.63) is 100 Å². The molecule has 2 amide bonds. The SMILES string of the molecule is Cc1ccc(-c2nn(-c3ccc(F)cc3)cc2C(=O)Nc2cc(C(N)=O)ccc2Cl)cc1. The lowest BCUT2D eigenvalue weighted by Gasteiger charge is -2.09. The molecule has 0 unspecified atom stereocenters. The summed E-state index contributed by atoms with van der Waals surface area (Å²) in [6.45, 7) is 1.96. The fourth-order valence-corrected chi connectivity index (χ4v) is 3.32. The summed E-state index contributed by atoms with van der Waals surface area (Å²) in [4.78, 5) is 24.7. The van der Waals surface area contributed by atoms with Gasteiger partial charge in [-0.1, -0.05) is 41.4 Å². The molecule has 160 valence electrons. The van der Waals surface area contributed by atoms with Crippen molar-refractivity contribution < 1.29 is 14.0 Å². The van der Waals surface area contributed by atoms with E-state index < -0.39 is 11.8 Å². The molecule has 0 fully saturated rings. The molecular weight excluding hydrogens is 431 g/mol. The molecule has 0 atom stereocenters. The summed E-state index contributed by atoms with van der Waals surface area (Å²) in [5.74, 6) is -1.49. The molecular formula is C24H18ClFN4O2. The van der Waals surface area contributed by atoms with E-state index in [1.165, 1.54) is 35.0 Å². The summed E-state index contributed by atoms with van der Waals surface area (Å²) < 4.78 is 14.9. The molecule has 0 spiro atoms. The molecule has 1 aromatic heterocycles. The van der Waals surface area contributed by atoms with Gasteiger partial charge in [-0.3, -0.25) is 9.59 Å². The quantitative estimate of drug-likeness (QED) is 0.450.